The summed E-state index contributed by atoms with van der Waals surface area (Å²) in [7, 11) is 0.210. The van der Waals surface area contributed by atoms with Gasteiger partial charge in [0, 0.05) is 19.6 Å². The van der Waals surface area contributed by atoms with Gasteiger partial charge >= 0.3 is 0 Å². The lowest BCUT2D eigenvalue weighted by Crippen LogP contribution is -2.36. The molecule has 0 aromatic heterocycles. The Bertz CT molecular complexity index is 343. The molecule has 5 nitrogen and oxygen atoms in total. The third kappa shape index (κ3) is 11.9. The maximum absolute atomic E-state index is 11.5. The molecule has 0 amide bonds. The van der Waals surface area contributed by atoms with Crippen molar-refractivity contribution in [2.45, 2.75) is 45.6 Å². The van der Waals surface area contributed by atoms with Gasteiger partial charge in [0.2, 0.25) is 0 Å². The zero-order valence-corrected chi connectivity index (χ0v) is 13.0. The lowest BCUT2D eigenvalue weighted by molar-refractivity contribution is 0.418. The molecule has 0 unspecified atom stereocenters. The molecule has 0 aromatic carbocycles. The van der Waals surface area contributed by atoms with Crippen LogP contribution in [0.4, 0.5) is 0 Å². The van der Waals surface area contributed by atoms with Gasteiger partial charge in [0.05, 0.1) is 5.75 Å². The highest BCUT2D eigenvalue weighted by Crippen LogP contribution is 2.03. The topological polar surface area (TPSA) is 61.8 Å². The molecule has 18 heavy (non-hydrogen) atoms. The average Bonchev–Trinajstić information content (AvgIpc) is 2.19. The van der Waals surface area contributed by atoms with E-state index in [9.17, 15) is 8.42 Å². The fourth-order valence-electron chi connectivity index (χ4n) is 1.27. The summed E-state index contributed by atoms with van der Waals surface area (Å²) in [4.78, 5) is 1.62. The molecule has 0 fully saturated rings. The summed E-state index contributed by atoms with van der Waals surface area (Å²) in [5.74, 6) is 0.132. The number of rotatable bonds is 8. The van der Waals surface area contributed by atoms with Crippen molar-refractivity contribution in [2.75, 3.05) is 26.4 Å². The van der Waals surface area contributed by atoms with Crippen LogP contribution in [0.3, 0.4) is 0 Å². The summed E-state index contributed by atoms with van der Waals surface area (Å²) in [5.41, 5.74) is 0.127. The Labute approximate surface area is 112 Å². The maximum Gasteiger partial charge on any atom is 0.254 e. The van der Waals surface area contributed by atoms with Crippen LogP contribution in [0.1, 0.15) is 40.0 Å². The smallest absolute Gasteiger partial charge is 0.254 e. The van der Waals surface area contributed by atoms with E-state index in [0.29, 0.717) is 6.42 Å². The molecule has 0 saturated heterocycles. The largest absolute Gasteiger partial charge is 0.368 e. The molecule has 0 bridgehead atoms. The summed E-state index contributed by atoms with van der Waals surface area (Å²) in [6.07, 6.45) is 3.89. The van der Waals surface area contributed by atoms with Gasteiger partial charge in [0.1, 0.15) is 6.34 Å². The Hall–Kier alpha value is -0.620. The van der Waals surface area contributed by atoms with Gasteiger partial charge in [-0.3, -0.25) is 0 Å². The van der Waals surface area contributed by atoms with Crippen LogP contribution in [-0.4, -0.2) is 51.6 Å². The second-order valence-corrected chi connectivity index (χ2v) is 7.49. The molecule has 0 spiro atoms. The van der Waals surface area contributed by atoms with Gasteiger partial charge in [-0.15, -0.1) is 0 Å². The van der Waals surface area contributed by atoms with Crippen LogP contribution in [0.2, 0.25) is 0 Å². The van der Waals surface area contributed by atoms with Gasteiger partial charge < -0.3 is 10.2 Å². The van der Waals surface area contributed by atoms with Gasteiger partial charge in [-0.1, -0.05) is 6.42 Å². The van der Waals surface area contributed by atoms with Crippen molar-refractivity contribution in [3.8, 4) is 0 Å². The summed E-state index contributed by atoms with van der Waals surface area (Å²) in [5, 5.41) is 3.37. The van der Waals surface area contributed by atoms with Gasteiger partial charge in [-0.05, 0) is 40.2 Å². The van der Waals surface area contributed by atoms with E-state index in [2.05, 4.69) is 30.5 Å². The van der Waals surface area contributed by atoms with Crippen LogP contribution < -0.4 is 5.32 Å². The van der Waals surface area contributed by atoms with Crippen molar-refractivity contribution in [1.82, 2.24) is 10.2 Å². The second kappa shape index (κ2) is 7.74. The molecule has 0 heterocycles. The average molecular weight is 277 g/mol. The molecule has 0 radical (unpaired) electrons. The van der Waals surface area contributed by atoms with Crippen LogP contribution in [-0.2, 0) is 10.0 Å². The maximum atomic E-state index is 11.5. The molecule has 0 aliphatic carbocycles. The second-order valence-electron chi connectivity index (χ2n) is 5.71. The molecular weight excluding hydrogens is 250 g/mol. The van der Waals surface area contributed by atoms with Crippen LogP contribution >= 0.6 is 0 Å². The van der Waals surface area contributed by atoms with Crippen LogP contribution in [0.5, 0.6) is 0 Å². The summed E-state index contributed by atoms with van der Waals surface area (Å²) in [6.45, 7) is 7.28. The SMILES string of the molecule is CN(C)C=NS(=O)(=O)CCCCCNC(C)(C)C. The summed E-state index contributed by atoms with van der Waals surface area (Å²) >= 11 is 0. The normalized spacial score (nSPS) is 13.2. The Morgan fingerprint density at radius 1 is 1.17 bits per heavy atom. The highest BCUT2D eigenvalue weighted by molar-refractivity contribution is 7.90. The minimum absolute atomic E-state index is 0.127. The number of hydrogen-bond donors (Lipinski definition) is 1. The van der Waals surface area contributed by atoms with E-state index < -0.39 is 10.0 Å². The van der Waals surface area contributed by atoms with Crippen molar-refractivity contribution in [1.29, 1.82) is 0 Å². The first-order valence-electron chi connectivity index (χ1n) is 6.32. The van der Waals surface area contributed by atoms with Gasteiger partial charge in [0.15, 0.2) is 0 Å². The molecule has 0 rings (SSSR count). The molecule has 0 saturated carbocycles. The predicted octanol–water partition coefficient (Wildman–Crippen LogP) is 1.46. The Balaban J connectivity index is 3.72. The first-order chi connectivity index (χ1) is 8.12. The Morgan fingerprint density at radius 2 is 1.78 bits per heavy atom. The molecule has 0 aliphatic rings. The number of hydrogen-bond acceptors (Lipinski definition) is 3. The first-order valence-corrected chi connectivity index (χ1v) is 7.93. The molecule has 6 heteroatoms. The number of nitrogens with zero attached hydrogens (tertiary/aromatic N) is 2. The third-order valence-electron chi connectivity index (χ3n) is 2.17. The molecule has 0 aromatic rings. The molecule has 0 atom stereocenters. The third-order valence-corrected chi connectivity index (χ3v) is 3.39. The van der Waals surface area contributed by atoms with Crippen molar-refractivity contribution >= 4 is 16.4 Å². The fourth-order valence-corrected chi connectivity index (χ4v) is 2.27. The van der Waals surface area contributed by atoms with Crippen molar-refractivity contribution in [3.63, 3.8) is 0 Å². The molecule has 1 N–H and O–H groups in total. The standard InChI is InChI=1S/C12H27N3O2S/c1-12(2,3)13-9-7-6-8-10-18(16,17)14-11-15(4)5/h11,13H,6-10H2,1-5H3. The highest BCUT2D eigenvalue weighted by Gasteiger charge is 2.09. The molecular formula is C12H27N3O2S. The van der Waals surface area contributed by atoms with Crippen molar-refractivity contribution < 1.29 is 8.42 Å². The van der Waals surface area contributed by atoms with Crippen LogP contribution in [0.15, 0.2) is 4.40 Å². The lowest BCUT2D eigenvalue weighted by atomic mass is 10.1. The Morgan fingerprint density at radius 3 is 2.28 bits per heavy atom. The van der Waals surface area contributed by atoms with E-state index >= 15 is 0 Å². The first kappa shape index (κ1) is 17.4. The van der Waals surface area contributed by atoms with Gasteiger partial charge in [0.25, 0.3) is 10.0 Å². The Kier molecular flexibility index (Phi) is 7.47. The number of unbranched alkanes of at least 4 members (excludes halogenated alkanes) is 2. The number of nitrogens with one attached hydrogen (secondary N) is 1. The van der Waals surface area contributed by atoms with E-state index in [1.54, 1.807) is 19.0 Å². The highest BCUT2D eigenvalue weighted by atomic mass is 32.2. The van der Waals surface area contributed by atoms with Crippen LogP contribution in [0.25, 0.3) is 0 Å². The van der Waals surface area contributed by atoms with Gasteiger partial charge in [-0.25, -0.2) is 8.42 Å². The quantitative estimate of drug-likeness (QED) is 0.414. The minimum Gasteiger partial charge on any atom is -0.368 e. The predicted molar refractivity (Wildman–Crippen MR) is 77.6 cm³/mol. The van der Waals surface area contributed by atoms with E-state index in [0.717, 1.165) is 19.4 Å². The van der Waals surface area contributed by atoms with E-state index in [-0.39, 0.29) is 11.3 Å². The summed E-state index contributed by atoms with van der Waals surface area (Å²) < 4.78 is 26.5. The zero-order valence-electron chi connectivity index (χ0n) is 12.2. The van der Waals surface area contributed by atoms with E-state index in [4.69, 9.17) is 0 Å². The number of sulfonamides is 1. The molecule has 0 aliphatic heterocycles. The molecule has 108 valence electrons. The van der Waals surface area contributed by atoms with E-state index in [1.807, 2.05) is 0 Å². The zero-order chi connectivity index (χ0) is 14.2. The van der Waals surface area contributed by atoms with Gasteiger partial charge in [-0.2, -0.15) is 4.40 Å². The monoisotopic (exact) mass is 277 g/mol. The summed E-state index contributed by atoms with van der Waals surface area (Å²) in [6, 6.07) is 0. The lowest BCUT2D eigenvalue weighted by Gasteiger charge is -2.20. The minimum atomic E-state index is -3.28. The van der Waals surface area contributed by atoms with Crippen molar-refractivity contribution in [3.05, 3.63) is 0 Å². The fraction of sp³-hybridized carbons (Fsp3) is 0.917. The van der Waals surface area contributed by atoms with Crippen LogP contribution in [0, 0.1) is 0 Å². The van der Waals surface area contributed by atoms with Crippen molar-refractivity contribution in [2.24, 2.45) is 4.40 Å². The van der Waals surface area contributed by atoms with E-state index in [1.165, 1.54) is 6.34 Å².